The molecule has 3 fully saturated rings. The normalized spacial score (nSPS) is 28.5. The van der Waals surface area contributed by atoms with Gasteiger partial charge in [-0.15, -0.1) is 4.40 Å². The molecule has 3 aliphatic heterocycles. The zero-order valence-electron chi connectivity index (χ0n) is 16.8. The van der Waals surface area contributed by atoms with Crippen LogP contribution in [-0.4, -0.2) is 44.7 Å². The Balaban J connectivity index is 1.43. The standard InChI is InChI=1S/C22H29N3O3S/c26-22(24-13-11-16-6-3-4-7-18(16)15-24)17-9-10-19-20(14-17)29(27,28)23-21-8-2-1-5-12-25(19)21/h9-10,14,16,18H,1-8,11-13,15H2/t16-,18+/m0/s1. The van der Waals surface area contributed by atoms with Crippen molar-refractivity contribution in [1.82, 2.24) is 4.90 Å². The van der Waals surface area contributed by atoms with Crippen molar-refractivity contribution >= 4 is 27.5 Å². The van der Waals surface area contributed by atoms with E-state index in [0.717, 1.165) is 51.2 Å². The fourth-order valence-corrected chi connectivity index (χ4v) is 6.86. The number of hydrogen-bond acceptors (Lipinski definition) is 4. The molecule has 7 heteroatoms. The molecule has 1 aromatic carbocycles. The van der Waals surface area contributed by atoms with E-state index in [1.807, 2.05) is 15.9 Å². The second-order valence-corrected chi connectivity index (χ2v) is 10.5. The van der Waals surface area contributed by atoms with Crippen LogP contribution in [0.15, 0.2) is 27.5 Å². The van der Waals surface area contributed by atoms with Crippen LogP contribution in [0.1, 0.15) is 68.1 Å². The van der Waals surface area contributed by atoms with Gasteiger partial charge in [0, 0.05) is 31.6 Å². The van der Waals surface area contributed by atoms with Gasteiger partial charge in [0.2, 0.25) is 0 Å². The van der Waals surface area contributed by atoms with E-state index in [1.165, 1.54) is 25.7 Å². The van der Waals surface area contributed by atoms with Gasteiger partial charge in [0.05, 0.1) is 5.69 Å². The molecular weight excluding hydrogens is 386 g/mol. The van der Waals surface area contributed by atoms with E-state index in [0.29, 0.717) is 29.4 Å². The van der Waals surface area contributed by atoms with Crippen LogP contribution in [0.4, 0.5) is 5.69 Å². The molecule has 156 valence electrons. The maximum Gasteiger partial charge on any atom is 0.286 e. The van der Waals surface area contributed by atoms with Crippen LogP contribution in [-0.2, 0) is 10.0 Å². The van der Waals surface area contributed by atoms with E-state index >= 15 is 0 Å². The van der Waals surface area contributed by atoms with Crippen molar-refractivity contribution in [3.8, 4) is 0 Å². The number of amidine groups is 1. The van der Waals surface area contributed by atoms with Gasteiger partial charge >= 0.3 is 0 Å². The summed E-state index contributed by atoms with van der Waals surface area (Å²) in [5.41, 5.74) is 1.15. The molecule has 0 bridgehead atoms. The number of hydrogen-bond donors (Lipinski definition) is 0. The summed E-state index contributed by atoms with van der Waals surface area (Å²) >= 11 is 0. The fraction of sp³-hybridized carbons (Fsp3) is 0.636. The minimum atomic E-state index is -3.76. The predicted molar refractivity (Wildman–Crippen MR) is 113 cm³/mol. The maximum atomic E-state index is 13.2. The molecule has 5 rings (SSSR count). The molecule has 29 heavy (non-hydrogen) atoms. The Morgan fingerprint density at radius 1 is 0.966 bits per heavy atom. The number of anilines is 1. The first-order valence-corrected chi connectivity index (χ1v) is 12.5. The first-order valence-electron chi connectivity index (χ1n) is 11.1. The first-order chi connectivity index (χ1) is 14.0. The van der Waals surface area contributed by atoms with Gasteiger partial charge in [0.1, 0.15) is 10.7 Å². The van der Waals surface area contributed by atoms with Crippen LogP contribution in [0.25, 0.3) is 0 Å². The van der Waals surface area contributed by atoms with Crippen LogP contribution in [0.2, 0.25) is 0 Å². The lowest BCUT2D eigenvalue weighted by Gasteiger charge is -2.41. The third-order valence-corrected chi connectivity index (χ3v) is 8.51. The third kappa shape index (κ3) is 3.47. The van der Waals surface area contributed by atoms with Crippen molar-refractivity contribution < 1.29 is 13.2 Å². The number of carbonyl (C=O) groups excluding carboxylic acids is 1. The van der Waals surface area contributed by atoms with Crippen molar-refractivity contribution in [3.05, 3.63) is 23.8 Å². The summed E-state index contributed by atoms with van der Waals surface area (Å²) in [6.45, 7) is 2.36. The molecule has 1 aromatic rings. The monoisotopic (exact) mass is 415 g/mol. The second kappa shape index (κ2) is 7.42. The molecule has 0 unspecified atom stereocenters. The number of benzene rings is 1. The zero-order valence-corrected chi connectivity index (χ0v) is 17.7. The van der Waals surface area contributed by atoms with E-state index in [1.54, 1.807) is 12.1 Å². The van der Waals surface area contributed by atoms with Gasteiger partial charge in [-0.3, -0.25) is 4.79 Å². The van der Waals surface area contributed by atoms with Gasteiger partial charge in [-0.1, -0.05) is 25.7 Å². The smallest absolute Gasteiger partial charge is 0.286 e. The summed E-state index contributed by atoms with van der Waals surface area (Å²) in [6.07, 6.45) is 9.91. The molecule has 1 saturated carbocycles. The van der Waals surface area contributed by atoms with Gasteiger partial charge < -0.3 is 9.80 Å². The lowest BCUT2D eigenvalue weighted by molar-refractivity contribution is 0.0520. The highest BCUT2D eigenvalue weighted by Crippen LogP contribution is 2.38. The Morgan fingerprint density at radius 2 is 1.79 bits per heavy atom. The minimum Gasteiger partial charge on any atom is -0.338 e. The SMILES string of the molecule is O=C(c1ccc2c(c1)S(=O)(=O)N=C1CCCCCN12)N1CC[C@@H]2CCCC[C@@H]2C1. The molecule has 3 heterocycles. The molecular formula is C22H29N3O3S. The van der Waals surface area contributed by atoms with Gasteiger partial charge in [-0.25, -0.2) is 0 Å². The Labute approximate surface area is 173 Å². The highest BCUT2D eigenvalue weighted by atomic mass is 32.2. The maximum absolute atomic E-state index is 13.2. The molecule has 2 atom stereocenters. The fourth-order valence-electron chi connectivity index (χ4n) is 5.58. The minimum absolute atomic E-state index is 0.0438. The van der Waals surface area contributed by atoms with Gasteiger partial charge in [0.15, 0.2) is 0 Å². The molecule has 4 aliphatic rings. The Bertz CT molecular complexity index is 956. The number of piperidine rings is 1. The summed E-state index contributed by atoms with van der Waals surface area (Å²) in [5, 5.41) is 0. The molecule has 1 amide bonds. The summed E-state index contributed by atoms with van der Waals surface area (Å²) < 4.78 is 29.8. The molecule has 2 saturated heterocycles. The van der Waals surface area contributed by atoms with E-state index < -0.39 is 10.0 Å². The largest absolute Gasteiger partial charge is 0.338 e. The van der Waals surface area contributed by atoms with Crippen molar-refractivity contribution in [1.29, 1.82) is 0 Å². The molecule has 0 spiro atoms. The number of carbonyl (C=O) groups is 1. The zero-order chi connectivity index (χ0) is 20.0. The van der Waals surface area contributed by atoms with E-state index in [-0.39, 0.29) is 10.8 Å². The summed E-state index contributed by atoms with van der Waals surface area (Å²) in [5.74, 6) is 1.96. The lowest BCUT2D eigenvalue weighted by atomic mass is 9.75. The van der Waals surface area contributed by atoms with Crippen molar-refractivity contribution in [2.75, 3.05) is 24.5 Å². The number of nitrogens with zero attached hydrogens (tertiary/aromatic N) is 3. The highest BCUT2D eigenvalue weighted by molar-refractivity contribution is 7.90. The molecule has 0 radical (unpaired) electrons. The predicted octanol–water partition coefficient (Wildman–Crippen LogP) is 3.82. The molecule has 0 aromatic heterocycles. The third-order valence-electron chi connectivity index (χ3n) is 7.17. The first kappa shape index (κ1) is 19.1. The van der Waals surface area contributed by atoms with E-state index in [9.17, 15) is 13.2 Å². The quantitative estimate of drug-likeness (QED) is 0.699. The average Bonchev–Trinajstić information content (AvgIpc) is 2.97. The topological polar surface area (TPSA) is 70.0 Å². The van der Waals surface area contributed by atoms with Crippen LogP contribution in [0.5, 0.6) is 0 Å². The van der Waals surface area contributed by atoms with Crippen molar-refractivity contribution in [2.45, 2.75) is 62.7 Å². The van der Waals surface area contributed by atoms with Crippen LogP contribution >= 0.6 is 0 Å². The molecule has 0 N–H and O–H groups in total. The Kier molecular flexibility index (Phi) is 4.88. The number of fused-ring (bicyclic) bond motifs is 4. The number of rotatable bonds is 1. The van der Waals surface area contributed by atoms with Gasteiger partial charge in [-0.05, 0) is 55.7 Å². The summed E-state index contributed by atoms with van der Waals surface area (Å²) in [6, 6.07) is 5.18. The number of likely N-dealkylation sites (tertiary alicyclic amines) is 1. The summed E-state index contributed by atoms with van der Waals surface area (Å²) in [7, 11) is -3.76. The average molecular weight is 416 g/mol. The second-order valence-electron chi connectivity index (χ2n) is 8.97. The molecule has 6 nitrogen and oxygen atoms in total. The Hall–Kier alpha value is -1.89. The van der Waals surface area contributed by atoms with E-state index in [4.69, 9.17) is 0 Å². The highest BCUT2D eigenvalue weighted by Gasteiger charge is 2.35. The van der Waals surface area contributed by atoms with Gasteiger partial charge in [0.25, 0.3) is 15.9 Å². The van der Waals surface area contributed by atoms with E-state index in [2.05, 4.69) is 4.40 Å². The molecule has 1 aliphatic carbocycles. The van der Waals surface area contributed by atoms with Crippen LogP contribution in [0, 0.1) is 11.8 Å². The number of amides is 1. The van der Waals surface area contributed by atoms with Crippen molar-refractivity contribution in [3.63, 3.8) is 0 Å². The van der Waals surface area contributed by atoms with Crippen LogP contribution in [0.3, 0.4) is 0 Å². The van der Waals surface area contributed by atoms with Crippen LogP contribution < -0.4 is 4.90 Å². The van der Waals surface area contributed by atoms with Crippen molar-refractivity contribution in [2.24, 2.45) is 16.2 Å². The Morgan fingerprint density at radius 3 is 2.66 bits per heavy atom. The lowest BCUT2D eigenvalue weighted by Crippen LogP contribution is -2.44. The van der Waals surface area contributed by atoms with Gasteiger partial charge in [-0.2, -0.15) is 8.42 Å². The summed E-state index contributed by atoms with van der Waals surface area (Å²) in [4.78, 5) is 17.3. The number of sulfonamides is 1.